The van der Waals surface area contributed by atoms with Crippen molar-refractivity contribution in [2.45, 2.75) is 0 Å². The molecule has 0 radical (unpaired) electrons. The van der Waals surface area contributed by atoms with Gasteiger partial charge in [-0.25, -0.2) is 0 Å². The van der Waals surface area contributed by atoms with E-state index in [4.69, 9.17) is 0 Å². The van der Waals surface area contributed by atoms with Gasteiger partial charge in [0.15, 0.2) is 0 Å². The molecule has 0 aromatic rings. The fourth-order valence-electron chi connectivity index (χ4n) is 0.906. The van der Waals surface area contributed by atoms with Crippen LogP contribution in [-0.2, 0) is 0 Å². The van der Waals surface area contributed by atoms with Gasteiger partial charge < -0.3 is 0 Å². The number of rotatable bonds is 0. The first-order valence-electron chi connectivity index (χ1n) is 2.90. The van der Waals surface area contributed by atoms with Crippen LogP contribution in [0, 0.1) is 0 Å². The molecule has 0 aliphatic carbocycles. The fraction of sp³-hybridized carbons (Fsp3) is 0.143. The summed E-state index contributed by atoms with van der Waals surface area (Å²) in [4.78, 5) is 0. The van der Waals surface area contributed by atoms with Gasteiger partial charge in [0.1, 0.15) is 5.70 Å². The first-order chi connectivity index (χ1) is 4.47. The van der Waals surface area contributed by atoms with E-state index in [2.05, 4.69) is 10.8 Å². The summed E-state index contributed by atoms with van der Waals surface area (Å²) in [7, 11) is 0. The molecule has 0 aromatic carbocycles. The monoisotopic (exact) mass is 118 g/mol. The Morgan fingerprint density at radius 1 is 1.67 bits per heavy atom. The summed E-state index contributed by atoms with van der Waals surface area (Å²) < 4.78 is 0. The van der Waals surface area contributed by atoms with Gasteiger partial charge in [-0.1, -0.05) is 5.73 Å². The van der Waals surface area contributed by atoms with Crippen molar-refractivity contribution in [1.29, 1.82) is 0 Å². The average Bonchev–Trinajstić information content (AvgIpc) is 2.33. The van der Waals surface area contributed by atoms with Gasteiger partial charge in [0.2, 0.25) is 0 Å². The molecule has 0 bridgehead atoms. The molecule has 2 heterocycles. The van der Waals surface area contributed by atoms with E-state index in [1.54, 1.807) is 6.21 Å². The van der Waals surface area contributed by atoms with E-state index >= 15 is 0 Å². The lowest BCUT2D eigenvalue weighted by Crippen LogP contribution is -2.13. The van der Waals surface area contributed by atoms with Gasteiger partial charge in [-0.3, -0.25) is 5.01 Å². The molecule has 2 nitrogen and oxygen atoms in total. The van der Waals surface area contributed by atoms with Gasteiger partial charge in [0.25, 0.3) is 0 Å². The second-order valence-electron chi connectivity index (χ2n) is 1.94. The van der Waals surface area contributed by atoms with E-state index in [-0.39, 0.29) is 0 Å². The minimum Gasteiger partial charge on any atom is -0.253 e. The highest BCUT2D eigenvalue weighted by atomic mass is 15.5. The zero-order chi connectivity index (χ0) is 6.10. The van der Waals surface area contributed by atoms with Crippen LogP contribution < -0.4 is 0 Å². The van der Waals surface area contributed by atoms with E-state index in [1.165, 1.54) is 0 Å². The van der Waals surface area contributed by atoms with Crippen molar-refractivity contribution in [3.63, 3.8) is 0 Å². The summed E-state index contributed by atoms with van der Waals surface area (Å²) in [5.41, 5.74) is 4.14. The van der Waals surface area contributed by atoms with Crippen LogP contribution in [-0.4, -0.2) is 17.8 Å². The average molecular weight is 118 g/mol. The van der Waals surface area contributed by atoms with Gasteiger partial charge in [0.05, 0.1) is 6.54 Å². The number of fused-ring (bicyclic) bond motifs is 1. The molecule has 0 N–H and O–H groups in total. The Hall–Kier alpha value is -1.27. The van der Waals surface area contributed by atoms with Gasteiger partial charge in [-0.2, -0.15) is 5.10 Å². The molecule has 2 aliphatic heterocycles. The van der Waals surface area contributed by atoms with E-state index in [1.807, 2.05) is 23.2 Å². The zero-order valence-corrected chi connectivity index (χ0v) is 4.91. The molecular weight excluding hydrogens is 112 g/mol. The Kier molecular flexibility index (Phi) is 0.820. The Bertz CT molecular complexity index is 242. The summed E-state index contributed by atoms with van der Waals surface area (Å²) in [6.07, 6.45) is 7.67. The number of hydrazone groups is 1. The van der Waals surface area contributed by atoms with Crippen molar-refractivity contribution in [3.05, 3.63) is 29.7 Å². The van der Waals surface area contributed by atoms with Crippen LogP contribution in [0.5, 0.6) is 0 Å². The molecule has 0 aromatic heterocycles. The Balaban J connectivity index is 2.41. The van der Waals surface area contributed by atoms with Crippen molar-refractivity contribution >= 4 is 6.21 Å². The summed E-state index contributed by atoms with van der Waals surface area (Å²) in [5.74, 6) is 0. The second kappa shape index (κ2) is 1.61. The number of hydrogen-bond acceptors (Lipinski definition) is 2. The lowest BCUT2D eigenvalue weighted by atomic mass is 10.4. The highest BCUT2D eigenvalue weighted by molar-refractivity contribution is 5.73. The number of hydrogen-bond donors (Lipinski definition) is 0. The van der Waals surface area contributed by atoms with Crippen molar-refractivity contribution in [2.75, 3.05) is 6.54 Å². The topological polar surface area (TPSA) is 15.6 Å². The lowest BCUT2D eigenvalue weighted by Gasteiger charge is -2.13. The molecule has 0 fully saturated rings. The Morgan fingerprint density at radius 2 is 2.67 bits per heavy atom. The molecule has 9 heavy (non-hydrogen) atoms. The maximum atomic E-state index is 4.08. The van der Waals surface area contributed by atoms with Crippen LogP contribution in [0.15, 0.2) is 34.8 Å². The number of allylic oxidation sites excluding steroid dienone is 1. The fourth-order valence-corrected chi connectivity index (χ4v) is 0.906. The summed E-state index contributed by atoms with van der Waals surface area (Å²) in [6, 6.07) is 0. The van der Waals surface area contributed by atoms with Crippen molar-refractivity contribution in [2.24, 2.45) is 5.10 Å². The van der Waals surface area contributed by atoms with Crippen LogP contribution in [0.25, 0.3) is 0 Å². The minimum atomic E-state index is 0.871. The molecule has 2 aliphatic rings. The first kappa shape index (κ1) is 4.59. The molecule has 44 valence electrons. The van der Waals surface area contributed by atoms with Crippen LogP contribution in [0.4, 0.5) is 0 Å². The lowest BCUT2D eigenvalue weighted by molar-refractivity contribution is 0.430. The van der Waals surface area contributed by atoms with Gasteiger partial charge in [-0.05, 0) is 18.2 Å². The molecule has 0 amide bonds. The second-order valence-corrected chi connectivity index (χ2v) is 1.94. The van der Waals surface area contributed by atoms with Crippen molar-refractivity contribution < 1.29 is 0 Å². The molecule has 0 saturated carbocycles. The normalized spacial score (nSPS) is 20.4. The third kappa shape index (κ3) is 0.609. The highest BCUT2D eigenvalue weighted by Crippen LogP contribution is 2.12. The smallest absolute Gasteiger partial charge is 0.101 e. The molecule has 0 spiro atoms. The van der Waals surface area contributed by atoms with E-state index in [0.29, 0.717) is 0 Å². The molecule has 2 heteroatoms. The van der Waals surface area contributed by atoms with E-state index in [0.717, 1.165) is 12.2 Å². The predicted molar refractivity (Wildman–Crippen MR) is 35.9 cm³/mol. The van der Waals surface area contributed by atoms with Crippen LogP contribution in [0.3, 0.4) is 0 Å². The third-order valence-electron chi connectivity index (χ3n) is 1.34. The standard InChI is InChI=1S/C7H6N2/c1-3-7-4-2-6-9(7)8-5-1/h1-3,5H,6H2. The summed E-state index contributed by atoms with van der Waals surface area (Å²) >= 11 is 0. The van der Waals surface area contributed by atoms with Gasteiger partial charge >= 0.3 is 0 Å². The van der Waals surface area contributed by atoms with E-state index in [9.17, 15) is 0 Å². The predicted octanol–water partition coefficient (Wildman–Crippen LogP) is 0.897. The molecule has 2 rings (SSSR count). The third-order valence-corrected chi connectivity index (χ3v) is 1.34. The first-order valence-corrected chi connectivity index (χ1v) is 2.90. The van der Waals surface area contributed by atoms with Gasteiger partial charge in [-0.15, -0.1) is 0 Å². The van der Waals surface area contributed by atoms with Crippen molar-refractivity contribution in [1.82, 2.24) is 5.01 Å². The number of nitrogens with zero attached hydrogens (tertiary/aromatic N) is 2. The SMILES string of the molecule is C1=CCN2N=CC=CC=12. The van der Waals surface area contributed by atoms with Crippen LogP contribution in [0.1, 0.15) is 0 Å². The van der Waals surface area contributed by atoms with Crippen molar-refractivity contribution in [3.8, 4) is 0 Å². The zero-order valence-electron chi connectivity index (χ0n) is 4.91. The maximum Gasteiger partial charge on any atom is 0.101 e. The Morgan fingerprint density at radius 3 is 3.56 bits per heavy atom. The van der Waals surface area contributed by atoms with E-state index < -0.39 is 0 Å². The molecular formula is C7H6N2. The quantitative estimate of drug-likeness (QED) is 0.431. The maximum absolute atomic E-state index is 4.08. The van der Waals surface area contributed by atoms with Gasteiger partial charge in [0, 0.05) is 6.21 Å². The molecule has 0 atom stereocenters. The molecule has 0 saturated heterocycles. The highest BCUT2D eigenvalue weighted by Gasteiger charge is 2.08. The Labute approximate surface area is 53.5 Å². The summed E-state index contributed by atoms with van der Waals surface area (Å²) in [5, 5.41) is 5.98. The molecule has 0 unspecified atom stereocenters. The van der Waals surface area contributed by atoms with Crippen LogP contribution >= 0.6 is 0 Å². The van der Waals surface area contributed by atoms with Crippen LogP contribution in [0.2, 0.25) is 0 Å². The largest absolute Gasteiger partial charge is 0.253 e. The summed E-state index contributed by atoms with van der Waals surface area (Å²) in [6.45, 7) is 0.871. The minimum absolute atomic E-state index is 0.871.